The Balaban J connectivity index is 1.34. The van der Waals surface area contributed by atoms with Gasteiger partial charge in [-0.25, -0.2) is 4.79 Å². The van der Waals surface area contributed by atoms with Gasteiger partial charge in [-0.05, 0) is 72.5 Å². The average Bonchev–Trinajstić information content (AvgIpc) is 3.39. The number of rotatable bonds is 9. The van der Waals surface area contributed by atoms with Gasteiger partial charge in [-0.15, -0.1) is 0 Å². The van der Waals surface area contributed by atoms with Crippen molar-refractivity contribution in [2.24, 2.45) is 0 Å². The fraction of sp³-hybridized carbons (Fsp3) is 0.152. The van der Waals surface area contributed by atoms with E-state index in [9.17, 15) is 19.7 Å². The number of ether oxygens (including phenoxy) is 1. The van der Waals surface area contributed by atoms with Crippen LogP contribution in [0.1, 0.15) is 51.7 Å². The molecule has 5 aromatic rings. The molecule has 0 aliphatic carbocycles. The largest absolute Gasteiger partial charge is 0.462 e. The standard InChI is InChI=1S/C33H29N3O5/c1-3-41-33(38)27-9-6-8-24(19-27)30-10-5-4-7-28(30)21-35-18-17-25-20-26(13-16-31(25)35)32(37)34-22(2)23-11-14-29(15-12-23)36(39)40/h4-20,22H,3,21H2,1-2H3,(H,34,37)/t22-/m0/s1. The predicted octanol–water partition coefficient (Wildman–Crippen LogP) is 6.93. The number of fused-ring (bicyclic) bond motifs is 1. The van der Waals surface area contributed by atoms with Crippen LogP contribution in [0.15, 0.2) is 103 Å². The molecule has 0 unspecified atom stereocenters. The van der Waals surface area contributed by atoms with Crippen molar-refractivity contribution in [2.75, 3.05) is 6.61 Å². The molecule has 0 saturated carbocycles. The molecule has 0 spiro atoms. The monoisotopic (exact) mass is 547 g/mol. The highest BCUT2D eigenvalue weighted by atomic mass is 16.6. The summed E-state index contributed by atoms with van der Waals surface area (Å²) in [7, 11) is 0. The highest BCUT2D eigenvalue weighted by Crippen LogP contribution is 2.28. The lowest BCUT2D eigenvalue weighted by molar-refractivity contribution is -0.384. The summed E-state index contributed by atoms with van der Waals surface area (Å²) in [5.41, 5.74) is 5.86. The molecule has 41 heavy (non-hydrogen) atoms. The minimum Gasteiger partial charge on any atom is -0.462 e. The molecule has 5 rings (SSSR count). The van der Waals surface area contributed by atoms with Crippen LogP contribution in [0.25, 0.3) is 22.0 Å². The van der Waals surface area contributed by atoms with Crippen molar-refractivity contribution in [1.82, 2.24) is 9.88 Å². The van der Waals surface area contributed by atoms with Crippen LogP contribution < -0.4 is 5.32 Å². The van der Waals surface area contributed by atoms with Gasteiger partial charge in [0.2, 0.25) is 0 Å². The van der Waals surface area contributed by atoms with Gasteiger partial charge in [0.15, 0.2) is 0 Å². The van der Waals surface area contributed by atoms with Crippen molar-refractivity contribution in [3.63, 3.8) is 0 Å². The highest BCUT2D eigenvalue weighted by molar-refractivity contribution is 5.98. The molecule has 0 radical (unpaired) electrons. The predicted molar refractivity (Wildman–Crippen MR) is 158 cm³/mol. The number of hydrogen-bond donors (Lipinski definition) is 1. The zero-order valence-electron chi connectivity index (χ0n) is 22.7. The fourth-order valence-corrected chi connectivity index (χ4v) is 4.88. The second kappa shape index (κ2) is 11.9. The molecule has 8 nitrogen and oxygen atoms in total. The summed E-state index contributed by atoms with van der Waals surface area (Å²) in [5.74, 6) is -0.567. The Hall–Kier alpha value is -5.24. The van der Waals surface area contributed by atoms with Gasteiger partial charge in [0.05, 0.1) is 23.1 Å². The number of nitrogens with zero attached hydrogens (tertiary/aromatic N) is 2. The lowest BCUT2D eigenvalue weighted by Crippen LogP contribution is -2.26. The topological polar surface area (TPSA) is 103 Å². The first-order chi connectivity index (χ1) is 19.8. The molecule has 8 heteroatoms. The lowest BCUT2D eigenvalue weighted by Gasteiger charge is -2.15. The fourth-order valence-electron chi connectivity index (χ4n) is 4.88. The van der Waals surface area contributed by atoms with Gasteiger partial charge < -0.3 is 14.6 Å². The van der Waals surface area contributed by atoms with Crippen LogP contribution in [0.4, 0.5) is 5.69 Å². The summed E-state index contributed by atoms with van der Waals surface area (Å²) < 4.78 is 7.30. The maximum Gasteiger partial charge on any atom is 0.338 e. The second-order valence-electron chi connectivity index (χ2n) is 9.72. The van der Waals surface area contributed by atoms with Gasteiger partial charge in [0, 0.05) is 41.3 Å². The Morgan fingerprint density at radius 1 is 0.927 bits per heavy atom. The molecule has 206 valence electrons. The maximum atomic E-state index is 13.0. The summed E-state index contributed by atoms with van der Waals surface area (Å²) in [6.45, 7) is 4.55. The number of nitro benzene ring substituents is 1. The molecule has 1 N–H and O–H groups in total. The molecule has 1 aromatic heterocycles. The van der Waals surface area contributed by atoms with Crippen LogP contribution in [0.2, 0.25) is 0 Å². The number of aromatic nitrogens is 1. The van der Waals surface area contributed by atoms with E-state index in [-0.39, 0.29) is 23.6 Å². The van der Waals surface area contributed by atoms with E-state index in [1.165, 1.54) is 12.1 Å². The third kappa shape index (κ3) is 6.01. The van der Waals surface area contributed by atoms with Gasteiger partial charge >= 0.3 is 5.97 Å². The van der Waals surface area contributed by atoms with E-state index in [4.69, 9.17) is 4.74 Å². The van der Waals surface area contributed by atoms with E-state index < -0.39 is 4.92 Å². The van der Waals surface area contributed by atoms with Crippen molar-refractivity contribution >= 4 is 28.5 Å². The Morgan fingerprint density at radius 2 is 1.71 bits per heavy atom. The quantitative estimate of drug-likeness (QED) is 0.122. The first-order valence-corrected chi connectivity index (χ1v) is 13.3. The van der Waals surface area contributed by atoms with Crippen LogP contribution >= 0.6 is 0 Å². The third-order valence-corrected chi connectivity index (χ3v) is 7.03. The van der Waals surface area contributed by atoms with Gasteiger partial charge in [-0.3, -0.25) is 14.9 Å². The average molecular weight is 548 g/mol. The van der Waals surface area contributed by atoms with E-state index in [1.54, 1.807) is 31.2 Å². The van der Waals surface area contributed by atoms with Gasteiger partial charge in [-0.2, -0.15) is 0 Å². The Labute approximate surface area is 237 Å². The van der Waals surface area contributed by atoms with Crippen LogP contribution in [-0.4, -0.2) is 28.0 Å². The lowest BCUT2D eigenvalue weighted by atomic mass is 9.98. The second-order valence-corrected chi connectivity index (χ2v) is 9.72. The summed E-state index contributed by atoms with van der Waals surface area (Å²) in [4.78, 5) is 35.7. The SMILES string of the molecule is CCOC(=O)c1cccc(-c2ccccc2Cn2ccc3cc(C(=O)N[C@@H](C)c4ccc([N+](=O)[O-])cc4)ccc32)c1. The minimum absolute atomic E-state index is 0.00931. The number of nitro groups is 1. The van der Waals surface area contributed by atoms with Crippen molar-refractivity contribution in [2.45, 2.75) is 26.4 Å². The highest BCUT2D eigenvalue weighted by Gasteiger charge is 2.15. The van der Waals surface area contributed by atoms with Gasteiger partial charge in [-0.1, -0.05) is 48.5 Å². The van der Waals surface area contributed by atoms with E-state index >= 15 is 0 Å². The van der Waals surface area contributed by atoms with Crippen molar-refractivity contribution in [3.8, 4) is 11.1 Å². The number of amides is 1. The molecular weight excluding hydrogens is 518 g/mol. The Morgan fingerprint density at radius 3 is 2.46 bits per heavy atom. The number of non-ortho nitro benzene ring substituents is 1. The van der Waals surface area contributed by atoms with Crippen LogP contribution in [0.3, 0.4) is 0 Å². The Kier molecular flexibility index (Phi) is 7.92. The molecule has 1 atom stereocenters. The smallest absolute Gasteiger partial charge is 0.338 e. The summed E-state index contributed by atoms with van der Waals surface area (Å²) in [5, 5.41) is 14.8. The number of nitrogens with one attached hydrogen (secondary N) is 1. The number of carbonyl (C=O) groups excluding carboxylic acids is 2. The molecule has 0 bridgehead atoms. The summed E-state index contributed by atoms with van der Waals surface area (Å²) >= 11 is 0. The Bertz CT molecular complexity index is 1740. The molecule has 1 amide bonds. The zero-order chi connectivity index (χ0) is 28.9. The minimum atomic E-state index is -0.448. The first-order valence-electron chi connectivity index (χ1n) is 13.3. The zero-order valence-corrected chi connectivity index (χ0v) is 22.7. The normalized spacial score (nSPS) is 11.7. The molecule has 0 fully saturated rings. The number of benzene rings is 4. The van der Waals surface area contributed by atoms with Crippen molar-refractivity contribution in [3.05, 3.63) is 136 Å². The summed E-state index contributed by atoms with van der Waals surface area (Å²) in [6, 6.07) is 29.0. The molecular formula is C33H29N3O5. The van der Waals surface area contributed by atoms with Crippen LogP contribution in [0.5, 0.6) is 0 Å². The van der Waals surface area contributed by atoms with E-state index in [0.29, 0.717) is 24.3 Å². The van der Waals surface area contributed by atoms with Crippen LogP contribution in [0, 0.1) is 10.1 Å². The summed E-state index contributed by atoms with van der Waals surface area (Å²) in [6.07, 6.45) is 2.00. The van der Waals surface area contributed by atoms with Gasteiger partial charge in [0.25, 0.3) is 11.6 Å². The van der Waals surface area contributed by atoms with Gasteiger partial charge in [0.1, 0.15) is 0 Å². The first kappa shape index (κ1) is 27.3. The molecule has 4 aromatic carbocycles. The number of hydrogen-bond acceptors (Lipinski definition) is 5. The number of esters is 1. The van der Waals surface area contributed by atoms with E-state index in [1.807, 2.05) is 67.7 Å². The van der Waals surface area contributed by atoms with E-state index in [2.05, 4.69) is 16.0 Å². The van der Waals surface area contributed by atoms with E-state index in [0.717, 1.165) is 33.2 Å². The van der Waals surface area contributed by atoms with Crippen molar-refractivity contribution < 1.29 is 19.2 Å². The maximum absolute atomic E-state index is 13.0. The molecule has 0 aliphatic heterocycles. The number of carbonyl (C=O) groups is 2. The molecule has 1 heterocycles. The molecule has 0 aliphatic rings. The molecule has 0 saturated heterocycles. The third-order valence-electron chi connectivity index (χ3n) is 7.03. The van der Waals surface area contributed by atoms with Crippen LogP contribution in [-0.2, 0) is 11.3 Å². The van der Waals surface area contributed by atoms with Crippen molar-refractivity contribution in [1.29, 1.82) is 0 Å².